The second kappa shape index (κ2) is 10.1. The van der Waals surface area contributed by atoms with E-state index >= 15 is 0 Å². The zero-order chi connectivity index (χ0) is 25.4. The van der Waals surface area contributed by atoms with Gasteiger partial charge in [0.1, 0.15) is 28.7 Å². The van der Waals surface area contributed by atoms with E-state index in [1.165, 1.54) is 12.3 Å². The van der Waals surface area contributed by atoms with Gasteiger partial charge in [-0.25, -0.2) is 14.4 Å². The smallest absolute Gasteiger partial charge is 0.270 e. The fraction of sp³-hybridized carbons (Fsp3) is 0.357. The van der Waals surface area contributed by atoms with Crippen LogP contribution in [0, 0.1) is 5.82 Å². The highest BCUT2D eigenvalue weighted by atomic mass is 35.5. The quantitative estimate of drug-likeness (QED) is 0.361. The van der Waals surface area contributed by atoms with Gasteiger partial charge in [0.15, 0.2) is 0 Å². The highest BCUT2D eigenvalue weighted by Gasteiger charge is 2.29. The molecule has 2 fully saturated rings. The van der Waals surface area contributed by atoms with Crippen LogP contribution in [0.1, 0.15) is 55.1 Å². The molecule has 7 nitrogen and oxygen atoms in total. The molecule has 0 unspecified atom stereocenters. The summed E-state index contributed by atoms with van der Waals surface area (Å²) >= 11 is 6.06. The summed E-state index contributed by atoms with van der Waals surface area (Å²) in [6.45, 7) is 1.98. The zero-order valence-corrected chi connectivity index (χ0v) is 21.2. The van der Waals surface area contributed by atoms with E-state index in [2.05, 4.69) is 30.8 Å². The highest BCUT2D eigenvalue weighted by Crippen LogP contribution is 2.37. The molecule has 1 saturated carbocycles. The number of carbonyl (C=O) groups is 1. The predicted octanol–water partition coefficient (Wildman–Crippen LogP) is 5.80. The highest BCUT2D eigenvalue weighted by molar-refractivity contribution is 6.30. The molecule has 0 bridgehead atoms. The van der Waals surface area contributed by atoms with Crippen LogP contribution in [-0.4, -0.2) is 44.6 Å². The molecule has 4 aromatic rings. The number of hydrogen-bond donors (Lipinski definition) is 1. The molecule has 2 aliphatic rings. The lowest BCUT2D eigenvalue weighted by Gasteiger charge is -2.32. The number of amides is 1. The molecule has 1 aromatic carbocycles. The van der Waals surface area contributed by atoms with E-state index < -0.39 is 0 Å². The maximum atomic E-state index is 15.0. The van der Waals surface area contributed by atoms with E-state index in [9.17, 15) is 9.18 Å². The number of carbonyl (C=O) groups excluding carboxylic acids is 1. The van der Waals surface area contributed by atoms with Gasteiger partial charge >= 0.3 is 0 Å². The first-order chi connectivity index (χ1) is 18.1. The first-order valence-corrected chi connectivity index (χ1v) is 13.2. The fourth-order valence-electron chi connectivity index (χ4n) is 5.63. The van der Waals surface area contributed by atoms with Crippen LogP contribution in [0.25, 0.3) is 22.4 Å². The van der Waals surface area contributed by atoms with Crippen molar-refractivity contribution in [3.8, 4) is 11.4 Å². The molecule has 0 radical (unpaired) electrons. The lowest BCUT2D eigenvalue weighted by atomic mass is 9.90. The van der Waals surface area contributed by atoms with E-state index in [-0.39, 0.29) is 23.8 Å². The Hall–Kier alpha value is -3.52. The van der Waals surface area contributed by atoms with E-state index in [4.69, 9.17) is 16.6 Å². The predicted molar refractivity (Wildman–Crippen MR) is 142 cm³/mol. The number of halogens is 2. The normalized spacial score (nSPS) is 19.9. The number of imidazole rings is 1. The van der Waals surface area contributed by atoms with Crippen molar-refractivity contribution >= 4 is 34.4 Å². The summed E-state index contributed by atoms with van der Waals surface area (Å²) in [6, 6.07) is 12.1. The van der Waals surface area contributed by atoms with Crippen molar-refractivity contribution in [2.45, 2.75) is 50.6 Å². The lowest BCUT2D eigenvalue weighted by molar-refractivity contribution is 0.0916. The summed E-state index contributed by atoms with van der Waals surface area (Å²) in [4.78, 5) is 28.9. The van der Waals surface area contributed by atoms with Crippen molar-refractivity contribution in [3.05, 3.63) is 71.4 Å². The molecule has 1 saturated heterocycles. The average Bonchev–Trinajstić information content (AvgIpc) is 3.57. The minimum Gasteiger partial charge on any atom is -0.357 e. The summed E-state index contributed by atoms with van der Waals surface area (Å²) in [5.41, 5.74) is 2.46. The van der Waals surface area contributed by atoms with E-state index in [0.717, 1.165) is 62.0 Å². The van der Waals surface area contributed by atoms with Crippen molar-refractivity contribution in [1.29, 1.82) is 0 Å². The Morgan fingerprint density at radius 2 is 1.89 bits per heavy atom. The van der Waals surface area contributed by atoms with Gasteiger partial charge < -0.3 is 14.8 Å². The Balaban J connectivity index is 1.37. The second-order valence-electron chi connectivity index (χ2n) is 9.86. The van der Waals surface area contributed by atoms with Crippen molar-refractivity contribution in [2.24, 2.45) is 0 Å². The Morgan fingerprint density at radius 1 is 1.05 bits per heavy atom. The van der Waals surface area contributed by atoms with Crippen LogP contribution >= 0.6 is 11.6 Å². The number of pyridine rings is 2. The average molecular weight is 519 g/mol. The van der Waals surface area contributed by atoms with Gasteiger partial charge in [0, 0.05) is 42.5 Å². The van der Waals surface area contributed by atoms with Gasteiger partial charge in [-0.3, -0.25) is 9.78 Å². The fourth-order valence-corrected chi connectivity index (χ4v) is 5.79. The molecular formula is C28H28ClFN6O. The first-order valence-electron chi connectivity index (χ1n) is 12.9. The van der Waals surface area contributed by atoms with Gasteiger partial charge in [-0.05, 0) is 62.8 Å². The summed E-state index contributed by atoms with van der Waals surface area (Å²) in [5.74, 6) is 0.985. The van der Waals surface area contributed by atoms with E-state index in [0.29, 0.717) is 28.5 Å². The molecule has 1 aliphatic carbocycles. The van der Waals surface area contributed by atoms with Crippen LogP contribution in [0.5, 0.6) is 0 Å². The first kappa shape index (κ1) is 23.9. The van der Waals surface area contributed by atoms with Crippen molar-refractivity contribution in [1.82, 2.24) is 24.8 Å². The maximum absolute atomic E-state index is 15.0. The molecule has 190 valence electrons. The molecule has 1 aliphatic heterocycles. The lowest BCUT2D eigenvalue weighted by Crippen LogP contribution is -2.39. The number of fused-ring (bicyclic) bond motifs is 1. The molecular weight excluding hydrogens is 491 g/mol. The second-order valence-corrected chi connectivity index (χ2v) is 10.3. The van der Waals surface area contributed by atoms with Crippen molar-refractivity contribution in [3.63, 3.8) is 0 Å². The van der Waals surface area contributed by atoms with Crippen LogP contribution in [0.4, 0.5) is 10.2 Å². The summed E-state index contributed by atoms with van der Waals surface area (Å²) in [6.07, 6.45) is 9.07. The number of nitrogens with one attached hydrogen (secondary N) is 1. The number of hydrogen-bond acceptors (Lipinski definition) is 5. The number of nitrogens with zero attached hydrogens (tertiary/aromatic N) is 5. The largest absolute Gasteiger partial charge is 0.357 e. The maximum Gasteiger partial charge on any atom is 0.270 e. The van der Waals surface area contributed by atoms with Gasteiger partial charge in [0.05, 0.1) is 17.3 Å². The van der Waals surface area contributed by atoms with Gasteiger partial charge in [-0.1, -0.05) is 23.7 Å². The van der Waals surface area contributed by atoms with E-state index in [1.54, 1.807) is 30.5 Å². The van der Waals surface area contributed by atoms with Crippen molar-refractivity contribution < 1.29 is 9.18 Å². The summed E-state index contributed by atoms with van der Waals surface area (Å²) < 4.78 is 17.2. The van der Waals surface area contributed by atoms with Gasteiger partial charge in [-0.2, -0.15) is 0 Å². The Labute approximate surface area is 219 Å². The van der Waals surface area contributed by atoms with Crippen LogP contribution < -0.4 is 10.2 Å². The third-order valence-corrected chi connectivity index (χ3v) is 7.64. The van der Waals surface area contributed by atoms with Crippen LogP contribution in [-0.2, 0) is 0 Å². The summed E-state index contributed by atoms with van der Waals surface area (Å²) in [5, 5.41) is 3.62. The molecule has 1 amide bonds. The zero-order valence-electron chi connectivity index (χ0n) is 20.4. The molecule has 3 aromatic heterocycles. The number of rotatable bonds is 5. The molecule has 0 spiro atoms. The van der Waals surface area contributed by atoms with E-state index in [1.807, 2.05) is 6.07 Å². The van der Waals surface area contributed by atoms with Crippen molar-refractivity contribution in [2.75, 3.05) is 18.0 Å². The molecule has 37 heavy (non-hydrogen) atoms. The number of benzene rings is 1. The summed E-state index contributed by atoms with van der Waals surface area (Å²) in [7, 11) is 0. The Kier molecular flexibility index (Phi) is 6.50. The minimum atomic E-state index is -0.306. The van der Waals surface area contributed by atoms with Crippen LogP contribution in [0.15, 0.2) is 54.9 Å². The third kappa shape index (κ3) is 4.78. The Morgan fingerprint density at radius 3 is 2.70 bits per heavy atom. The number of anilines is 1. The number of aromatic nitrogens is 4. The molecule has 4 heterocycles. The van der Waals surface area contributed by atoms with Gasteiger partial charge in [0.25, 0.3) is 5.91 Å². The Bertz CT molecular complexity index is 1450. The topological polar surface area (TPSA) is 75.9 Å². The molecule has 9 heteroatoms. The molecule has 2 atom stereocenters. The van der Waals surface area contributed by atoms with Gasteiger partial charge in [0.2, 0.25) is 0 Å². The third-order valence-electron chi connectivity index (χ3n) is 7.41. The monoisotopic (exact) mass is 518 g/mol. The standard InChI is InChI=1S/C28H28ClFN6O/c29-18-10-11-31-23(14-18)28(37)33-19-6-5-7-20(15-19)36-25-16-26(35-12-3-4-13-35)32-17-24(25)34-27(36)21-8-1-2-9-22(21)30/h1-2,8-11,14,16-17,19-20H,3-7,12-13,15H2,(H,33,37)/t19-,20+/m0/s1. The SMILES string of the molecule is O=C(N[C@H]1CCC[C@@H](n2c(-c3ccccc3F)nc3cnc(N4CCCC4)cc32)C1)c1cc(Cl)ccn1. The molecule has 1 N–H and O–H groups in total. The minimum absolute atomic E-state index is 0.0415. The molecule has 6 rings (SSSR count). The van der Waals surface area contributed by atoms with Gasteiger partial charge in [-0.15, -0.1) is 0 Å². The van der Waals surface area contributed by atoms with Crippen LogP contribution in [0.3, 0.4) is 0 Å². The van der Waals surface area contributed by atoms with Crippen LogP contribution in [0.2, 0.25) is 5.02 Å².